The predicted octanol–water partition coefficient (Wildman–Crippen LogP) is 0.250. The highest BCUT2D eigenvalue weighted by Crippen LogP contribution is 2.35. The second-order valence-corrected chi connectivity index (χ2v) is 4.27. The number of carboxylic acid groups (broad SMARTS) is 1. The number of carbonyl (C=O) groups excluding carboxylic acids is 1. The Morgan fingerprint density at radius 3 is 2.61 bits per heavy atom. The van der Waals surface area contributed by atoms with Crippen LogP contribution in [0.2, 0.25) is 0 Å². The average molecular weight is 233 g/mol. The number of rotatable bonds is 2. The van der Waals surface area contributed by atoms with E-state index in [0.717, 1.165) is 5.57 Å². The highest BCUT2D eigenvalue weighted by molar-refractivity contribution is 6.94. The molecule has 0 fully saturated rings. The number of ketones is 1. The Balaban J connectivity index is 2.61. The molecule has 0 amide bonds. The molecule has 0 heterocycles. The van der Waals surface area contributed by atoms with E-state index in [1.54, 1.807) is 12.2 Å². The van der Waals surface area contributed by atoms with Crippen molar-refractivity contribution in [1.82, 2.24) is 0 Å². The predicted molar refractivity (Wildman–Crippen MR) is 70.3 cm³/mol. The van der Waals surface area contributed by atoms with Gasteiger partial charge in [0.2, 0.25) is 0 Å². The first-order chi connectivity index (χ1) is 8.45. The third kappa shape index (κ3) is 1.92. The molecule has 2 rings (SSSR count). The van der Waals surface area contributed by atoms with Crippen LogP contribution in [-0.2, 0) is 9.59 Å². The summed E-state index contributed by atoms with van der Waals surface area (Å²) >= 11 is 0. The minimum absolute atomic E-state index is 0.295. The molecule has 5 radical (unpaired) electrons. The molecule has 0 aromatic carbocycles. The minimum Gasteiger partial charge on any atom is -0.478 e. The topological polar surface area (TPSA) is 54.4 Å². The van der Waals surface area contributed by atoms with Crippen molar-refractivity contribution in [2.75, 3.05) is 0 Å². The van der Waals surface area contributed by atoms with Gasteiger partial charge in [0.25, 0.3) is 0 Å². The van der Waals surface area contributed by atoms with Crippen LogP contribution in [0.1, 0.15) is 6.92 Å². The monoisotopic (exact) mass is 233 g/mol. The molecule has 2 aliphatic rings. The summed E-state index contributed by atoms with van der Waals surface area (Å²) in [5, 5.41) is 8.98. The Hall–Kier alpha value is -1.71. The van der Waals surface area contributed by atoms with Crippen molar-refractivity contribution in [1.29, 1.82) is 0 Å². The van der Waals surface area contributed by atoms with Crippen LogP contribution in [0.5, 0.6) is 0 Å². The van der Waals surface area contributed by atoms with E-state index in [0.29, 0.717) is 16.5 Å². The number of allylic oxidation sites excluding steroid dienone is 7. The molecule has 1 N–H and O–H groups in total. The molecule has 1 atom stereocenters. The lowest BCUT2D eigenvalue weighted by Crippen LogP contribution is -2.31. The summed E-state index contributed by atoms with van der Waals surface area (Å²) in [6.07, 6.45) is 4.74. The van der Waals surface area contributed by atoms with Crippen molar-refractivity contribution < 1.29 is 14.7 Å². The van der Waals surface area contributed by atoms with Crippen molar-refractivity contribution in [3.63, 3.8) is 0 Å². The van der Waals surface area contributed by atoms with Gasteiger partial charge in [-0.3, -0.25) is 4.79 Å². The maximum atomic E-state index is 12.1. The Labute approximate surface area is 108 Å². The van der Waals surface area contributed by atoms with Gasteiger partial charge >= 0.3 is 5.97 Å². The molecule has 0 aromatic rings. The smallest absolute Gasteiger partial charge is 0.339 e. The van der Waals surface area contributed by atoms with Crippen LogP contribution < -0.4 is 0 Å². The molecule has 2 aliphatic carbocycles. The summed E-state index contributed by atoms with van der Waals surface area (Å²) in [7, 11) is 12.6. The summed E-state index contributed by atoms with van der Waals surface area (Å²) < 4.78 is 0. The number of aliphatic carboxylic acids is 1. The number of carbonyl (C=O) groups is 2. The standard InChI is InChI=1S/C12H8B3O3/c1-5-2-6-8(13)4-7(12(17)18)11(16)10(6)9(3-5)15-14/h2-4,10H,1H3,(H,17,18). The van der Waals surface area contributed by atoms with Crippen LogP contribution in [0.25, 0.3) is 0 Å². The first-order valence-corrected chi connectivity index (χ1v) is 5.39. The zero-order valence-electron chi connectivity index (χ0n) is 9.81. The van der Waals surface area contributed by atoms with Crippen molar-refractivity contribution in [3.8, 4) is 0 Å². The maximum absolute atomic E-state index is 12.1. The Kier molecular flexibility index (Phi) is 3.20. The van der Waals surface area contributed by atoms with E-state index in [9.17, 15) is 9.59 Å². The van der Waals surface area contributed by atoms with Crippen molar-refractivity contribution in [2.45, 2.75) is 6.92 Å². The quantitative estimate of drug-likeness (QED) is 0.549. The fourth-order valence-electron chi connectivity index (χ4n) is 2.22. The number of carboxylic acids is 1. The van der Waals surface area contributed by atoms with Gasteiger partial charge in [0, 0.05) is 7.74 Å². The Morgan fingerprint density at radius 1 is 1.39 bits per heavy atom. The van der Waals surface area contributed by atoms with E-state index in [2.05, 4.69) is 0 Å². The van der Waals surface area contributed by atoms with E-state index >= 15 is 0 Å². The molecule has 0 saturated heterocycles. The molecule has 6 heteroatoms. The van der Waals surface area contributed by atoms with Crippen LogP contribution in [0.15, 0.2) is 45.9 Å². The first kappa shape index (κ1) is 12.7. The second kappa shape index (κ2) is 4.52. The molecule has 18 heavy (non-hydrogen) atoms. The van der Waals surface area contributed by atoms with Gasteiger partial charge in [0.05, 0.1) is 13.1 Å². The van der Waals surface area contributed by atoms with Crippen LogP contribution in [0.4, 0.5) is 0 Å². The number of fused-ring (bicyclic) bond motifs is 1. The second-order valence-electron chi connectivity index (χ2n) is 4.27. The summed E-state index contributed by atoms with van der Waals surface area (Å²) in [5.41, 5.74) is 2.10. The van der Waals surface area contributed by atoms with Crippen LogP contribution in [0, 0.1) is 5.92 Å². The third-order valence-corrected chi connectivity index (χ3v) is 3.01. The molecule has 0 spiro atoms. The average Bonchev–Trinajstić information content (AvgIpc) is 2.32. The highest BCUT2D eigenvalue weighted by Gasteiger charge is 2.35. The number of hydrogen-bond donors (Lipinski definition) is 1. The summed E-state index contributed by atoms with van der Waals surface area (Å²) in [4.78, 5) is 23.1. The number of Topliss-reactive ketones (excluding diaryl/α,β-unsaturated/α-hetero) is 1. The van der Waals surface area contributed by atoms with Gasteiger partial charge in [0.15, 0.2) is 5.78 Å². The lowest BCUT2D eigenvalue weighted by Gasteiger charge is -2.29. The fraction of sp³-hybridized carbons (Fsp3) is 0.167. The maximum Gasteiger partial charge on any atom is 0.339 e. The minimum atomic E-state index is -1.27. The molecule has 0 saturated carbocycles. The third-order valence-electron chi connectivity index (χ3n) is 3.01. The molecule has 0 aromatic heterocycles. The summed E-state index contributed by atoms with van der Waals surface area (Å²) in [6.45, 7) is 1.86. The molecule has 0 bridgehead atoms. The lowest BCUT2D eigenvalue weighted by molar-refractivity contribution is -0.134. The lowest BCUT2D eigenvalue weighted by atomic mass is 9.45. The van der Waals surface area contributed by atoms with E-state index < -0.39 is 17.7 Å². The van der Waals surface area contributed by atoms with Gasteiger partial charge < -0.3 is 5.11 Å². The Morgan fingerprint density at radius 2 is 2.06 bits per heavy atom. The number of hydrogen-bond acceptors (Lipinski definition) is 2. The van der Waals surface area contributed by atoms with E-state index in [1.807, 2.05) is 6.92 Å². The van der Waals surface area contributed by atoms with Gasteiger partial charge in [-0.05, 0) is 12.5 Å². The zero-order valence-corrected chi connectivity index (χ0v) is 9.81. The molecule has 3 nitrogen and oxygen atoms in total. The SMILES string of the molecule is [B][B]C1=CC(C)=CC2=C([B])C=C(C(=O)O)C(=O)C12. The normalized spacial score (nSPS) is 22.8. The van der Waals surface area contributed by atoms with E-state index in [-0.39, 0.29) is 5.57 Å². The van der Waals surface area contributed by atoms with E-state index in [4.69, 9.17) is 20.7 Å². The largest absolute Gasteiger partial charge is 0.478 e. The zero-order chi connectivity index (χ0) is 13.4. The van der Waals surface area contributed by atoms with Crippen LogP contribution >= 0.6 is 0 Å². The summed E-state index contributed by atoms with van der Waals surface area (Å²) in [6, 6.07) is 0. The highest BCUT2D eigenvalue weighted by atomic mass is 16.4. The molecular formula is C12H8B3O3. The molecule has 0 aliphatic heterocycles. The van der Waals surface area contributed by atoms with Crippen molar-refractivity contribution in [3.05, 3.63) is 45.9 Å². The first-order valence-electron chi connectivity index (χ1n) is 5.39. The van der Waals surface area contributed by atoms with Gasteiger partial charge in [-0.25, -0.2) is 4.79 Å². The van der Waals surface area contributed by atoms with Crippen LogP contribution in [-0.4, -0.2) is 39.6 Å². The van der Waals surface area contributed by atoms with Crippen molar-refractivity contribution in [2.24, 2.45) is 5.92 Å². The Bertz CT molecular complexity index is 567. The fourth-order valence-corrected chi connectivity index (χ4v) is 2.22. The van der Waals surface area contributed by atoms with Crippen LogP contribution in [0.3, 0.4) is 0 Å². The van der Waals surface area contributed by atoms with E-state index in [1.165, 1.54) is 13.2 Å². The van der Waals surface area contributed by atoms with Gasteiger partial charge in [-0.1, -0.05) is 29.3 Å². The van der Waals surface area contributed by atoms with Crippen molar-refractivity contribution >= 4 is 34.5 Å². The molecule has 1 unspecified atom stereocenters. The molecular weight excluding hydrogens is 225 g/mol. The molecule has 83 valence electrons. The van der Waals surface area contributed by atoms with Gasteiger partial charge in [0.1, 0.15) is 13.4 Å². The van der Waals surface area contributed by atoms with Gasteiger partial charge in [-0.2, -0.15) is 0 Å². The van der Waals surface area contributed by atoms with Gasteiger partial charge in [-0.15, -0.1) is 5.47 Å². The summed E-state index contributed by atoms with van der Waals surface area (Å²) in [5.74, 6) is -2.46.